The molecule has 4 aromatic carbocycles. The lowest BCUT2D eigenvalue weighted by Crippen LogP contribution is -2.30. The number of hydrogen-bond donors (Lipinski definition) is 5. The van der Waals surface area contributed by atoms with E-state index in [9.17, 15) is 14.7 Å². The normalized spacial score (nSPS) is 18.4. The van der Waals surface area contributed by atoms with E-state index < -0.39 is 0 Å². The number of nitrogens with one attached hydrogen (secondary N) is 4. The van der Waals surface area contributed by atoms with Crippen LogP contribution in [0.4, 0.5) is 0 Å². The van der Waals surface area contributed by atoms with E-state index in [1.807, 2.05) is 78.9 Å². The van der Waals surface area contributed by atoms with Gasteiger partial charge in [-0.15, -0.1) is 0 Å². The molecule has 10 heteroatoms. The van der Waals surface area contributed by atoms with Gasteiger partial charge in [-0.2, -0.15) is 0 Å². The summed E-state index contributed by atoms with van der Waals surface area (Å²) in [6.45, 7) is 1.31. The standard InChI is InChI=1S/C46H52N6O4/c53-29-38(33-13-5-2-6-14-33)44-51-40-22-19-35(26-42(40)52-44)46(55)48-28-31-11-7-15-36(20-17-31)56-37-16-8-12-32(23-37)24-43-49-39-21-18-34(25-41(39)50-43)45(54)47-27-30-9-3-1-4-10-30/h2,5-6,8,12-14,16,18-19,21-23,25-26,30-31,36,38,53H,1,3-4,7,9-11,15,17,20,24,27-29H2,(H,47,54)(H,48,55)(H,49,50)(H,51,52). The van der Waals surface area contributed by atoms with Gasteiger partial charge >= 0.3 is 0 Å². The monoisotopic (exact) mass is 752 g/mol. The van der Waals surface area contributed by atoms with Crippen LogP contribution in [0.5, 0.6) is 5.75 Å². The van der Waals surface area contributed by atoms with Gasteiger partial charge in [0.15, 0.2) is 0 Å². The highest BCUT2D eigenvalue weighted by atomic mass is 16.5. The van der Waals surface area contributed by atoms with Crippen molar-refractivity contribution in [2.45, 2.75) is 82.7 Å². The number of aliphatic hydroxyl groups excluding tert-OH is 1. The van der Waals surface area contributed by atoms with E-state index in [4.69, 9.17) is 14.7 Å². The number of amides is 2. The molecule has 290 valence electrons. The van der Waals surface area contributed by atoms with Crippen molar-refractivity contribution in [1.82, 2.24) is 30.6 Å². The molecule has 2 saturated carbocycles. The zero-order chi connectivity index (χ0) is 38.3. The lowest BCUT2D eigenvalue weighted by atomic mass is 9.89. The molecule has 56 heavy (non-hydrogen) atoms. The van der Waals surface area contributed by atoms with Gasteiger partial charge in [-0.05, 0) is 116 Å². The number of benzene rings is 4. The molecule has 0 bridgehead atoms. The number of imidazole rings is 2. The van der Waals surface area contributed by atoms with E-state index >= 15 is 0 Å². The van der Waals surface area contributed by atoms with Crippen molar-refractivity contribution >= 4 is 33.9 Å². The Balaban J connectivity index is 0.815. The summed E-state index contributed by atoms with van der Waals surface area (Å²) in [4.78, 5) is 42.4. The number of nitrogens with zero attached hydrogens (tertiary/aromatic N) is 2. The summed E-state index contributed by atoms with van der Waals surface area (Å²) in [6, 6.07) is 29.3. The highest BCUT2D eigenvalue weighted by molar-refractivity contribution is 5.98. The van der Waals surface area contributed by atoms with E-state index in [2.05, 4.69) is 32.7 Å². The molecule has 0 aliphatic heterocycles. The van der Waals surface area contributed by atoms with Gasteiger partial charge in [0.25, 0.3) is 11.8 Å². The number of aromatic nitrogens is 4. The zero-order valence-electron chi connectivity index (χ0n) is 31.9. The Morgan fingerprint density at radius 3 is 2.25 bits per heavy atom. The van der Waals surface area contributed by atoms with E-state index in [0.29, 0.717) is 47.3 Å². The van der Waals surface area contributed by atoms with Crippen LogP contribution in [0, 0.1) is 11.8 Å². The van der Waals surface area contributed by atoms with Crippen LogP contribution in [0.1, 0.15) is 114 Å². The van der Waals surface area contributed by atoms with Gasteiger partial charge < -0.3 is 30.4 Å². The van der Waals surface area contributed by atoms with Crippen molar-refractivity contribution in [3.63, 3.8) is 0 Å². The number of ether oxygens (including phenoxy) is 1. The van der Waals surface area contributed by atoms with Crippen molar-refractivity contribution in [3.8, 4) is 5.75 Å². The van der Waals surface area contributed by atoms with Gasteiger partial charge in [0.2, 0.25) is 0 Å². The summed E-state index contributed by atoms with van der Waals surface area (Å²) in [5.41, 5.74) is 6.58. The molecular formula is C46H52N6O4. The first kappa shape index (κ1) is 37.4. The average Bonchev–Trinajstić information content (AvgIpc) is 3.77. The molecule has 0 spiro atoms. The Bertz CT molecular complexity index is 2260. The number of aromatic amines is 2. The molecule has 2 aliphatic carbocycles. The third-order valence-electron chi connectivity index (χ3n) is 11.7. The molecule has 3 unspecified atom stereocenters. The van der Waals surface area contributed by atoms with Crippen molar-refractivity contribution in [2.75, 3.05) is 19.7 Å². The van der Waals surface area contributed by atoms with E-state index in [-0.39, 0.29) is 30.4 Å². The Morgan fingerprint density at radius 1 is 0.696 bits per heavy atom. The zero-order valence-corrected chi connectivity index (χ0v) is 31.9. The summed E-state index contributed by atoms with van der Waals surface area (Å²) < 4.78 is 6.53. The fourth-order valence-corrected chi connectivity index (χ4v) is 8.50. The quantitative estimate of drug-likeness (QED) is 0.0752. The van der Waals surface area contributed by atoms with Gasteiger partial charge in [0.1, 0.15) is 17.4 Å². The minimum atomic E-state index is -0.262. The minimum absolute atomic E-state index is 0.0244. The number of rotatable bonds is 13. The molecule has 2 aromatic heterocycles. The Morgan fingerprint density at radius 2 is 1.45 bits per heavy atom. The Kier molecular flexibility index (Phi) is 11.7. The second-order valence-electron chi connectivity index (χ2n) is 15.8. The molecule has 0 radical (unpaired) electrons. The number of aliphatic hydroxyl groups is 1. The van der Waals surface area contributed by atoms with Gasteiger partial charge in [-0.25, -0.2) is 9.97 Å². The summed E-state index contributed by atoms with van der Waals surface area (Å²) in [5.74, 6) is 2.97. The van der Waals surface area contributed by atoms with E-state index in [1.54, 1.807) is 0 Å². The van der Waals surface area contributed by atoms with Crippen LogP contribution in [0.25, 0.3) is 22.1 Å². The topological polar surface area (TPSA) is 145 Å². The van der Waals surface area contributed by atoms with E-state index in [1.165, 1.54) is 32.1 Å². The first-order valence-electron chi connectivity index (χ1n) is 20.4. The van der Waals surface area contributed by atoms with Crippen LogP contribution in [0.15, 0.2) is 91.0 Å². The third kappa shape index (κ3) is 9.13. The first-order valence-corrected chi connectivity index (χ1v) is 20.4. The van der Waals surface area contributed by atoms with E-state index in [0.717, 1.165) is 77.9 Å². The van der Waals surface area contributed by atoms with Gasteiger partial charge in [0.05, 0.1) is 40.7 Å². The lowest BCUT2D eigenvalue weighted by molar-refractivity contribution is 0.0936. The predicted octanol–water partition coefficient (Wildman–Crippen LogP) is 8.22. The van der Waals surface area contributed by atoms with Crippen LogP contribution in [0.2, 0.25) is 0 Å². The van der Waals surface area contributed by atoms with Crippen molar-refractivity contribution in [2.24, 2.45) is 11.8 Å². The van der Waals surface area contributed by atoms with Crippen LogP contribution < -0.4 is 15.4 Å². The van der Waals surface area contributed by atoms with Crippen LogP contribution in [-0.4, -0.2) is 62.7 Å². The maximum atomic E-state index is 13.2. The fourth-order valence-electron chi connectivity index (χ4n) is 8.50. The molecule has 5 N–H and O–H groups in total. The molecule has 10 nitrogen and oxygen atoms in total. The maximum Gasteiger partial charge on any atom is 0.251 e. The number of fused-ring (bicyclic) bond motifs is 2. The van der Waals surface area contributed by atoms with Crippen molar-refractivity contribution in [3.05, 3.63) is 125 Å². The van der Waals surface area contributed by atoms with Crippen LogP contribution >= 0.6 is 0 Å². The van der Waals surface area contributed by atoms with Crippen molar-refractivity contribution in [1.29, 1.82) is 0 Å². The molecule has 2 heterocycles. The van der Waals surface area contributed by atoms with Crippen molar-refractivity contribution < 1.29 is 19.4 Å². The minimum Gasteiger partial charge on any atom is -0.490 e. The predicted molar refractivity (Wildman–Crippen MR) is 219 cm³/mol. The third-order valence-corrected chi connectivity index (χ3v) is 11.7. The molecule has 0 saturated heterocycles. The Hall–Kier alpha value is -5.48. The van der Waals surface area contributed by atoms with Gasteiger partial charge in [0, 0.05) is 30.6 Å². The summed E-state index contributed by atoms with van der Waals surface area (Å²) in [5, 5.41) is 16.4. The summed E-state index contributed by atoms with van der Waals surface area (Å²) in [6.07, 6.45) is 12.0. The molecule has 3 atom stereocenters. The molecule has 2 amide bonds. The second kappa shape index (κ2) is 17.5. The van der Waals surface area contributed by atoms with Crippen LogP contribution in [-0.2, 0) is 6.42 Å². The smallest absolute Gasteiger partial charge is 0.251 e. The second-order valence-corrected chi connectivity index (χ2v) is 15.8. The summed E-state index contributed by atoms with van der Waals surface area (Å²) >= 11 is 0. The van der Waals surface area contributed by atoms with Gasteiger partial charge in [-0.3, -0.25) is 9.59 Å². The maximum absolute atomic E-state index is 13.2. The first-order chi connectivity index (χ1) is 27.5. The number of H-pyrrole nitrogens is 2. The highest BCUT2D eigenvalue weighted by Crippen LogP contribution is 2.29. The largest absolute Gasteiger partial charge is 0.490 e. The molecular weight excluding hydrogens is 701 g/mol. The SMILES string of the molecule is O=C(NCC1CCCCC1)c1ccc2nc(Cc3cccc(OC4CCCC(CNC(=O)c5ccc6[nH]c(C(CO)c7ccccc7)nc6c5)CC4)c3)[nH]c2c1. The fraction of sp³-hybridized carbons (Fsp3) is 0.391. The highest BCUT2D eigenvalue weighted by Gasteiger charge is 2.22. The summed E-state index contributed by atoms with van der Waals surface area (Å²) in [7, 11) is 0. The molecule has 2 aliphatic rings. The Labute approximate surface area is 327 Å². The number of carbonyl (C=O) groups excluding carboxylic acids is 2. The molecule has 6 aromatic rings. The number of carbonyl (C=O) groups is 2. The molecule has 8 rings (SSSR count). The average molecular weight is 753 g/mol. The van der Waals surface area contributed by atoms with Crippen LogP contribution in [0.3, 0.4) is 0 Å². The lowest BCUT2D eigenvalue weighted by Gasteiger charge is -2.21. The number of hydrogen-bond acceptors (Lipinski definition) is 6. The van der Waals surface area contributed by atoms with Gasteiger partial charge in [-0.1, -0.05) is 61.7 Å². The molecule has 2 fully saturated rings.